The zero-order valence-corrected chi connectivity index (χ0v) is 14.5. The normalized spacial score (nSPS) is 11.4. The first kappa shape index (κ1) is 16.6. The Hall–Kier alpha value is -0.790. The number of hydrogen-bond acceptors (Lipinski definition) is 3. The quantitative estimate of drug-likeness (QED) is 0.800. The van der Waals surface area contributed by atoms with E-state index in [0.717, 1.165) is 4.47 Å². The molecule has 2 aromatic rings. The third kappa shape index (κ3) is 3.90. The van der Waals surface area contributed by atoms with Gasteiger partial charge in [0.25, 0.3) is 10.0 Å². The predicted molar refractivity (Wildman–Crippen MR) is 89.3 cm³/mol. The Kier molecular flexibility index (Phi) is 5.16. The molecule has 3 N–H and O–H groups in total. The van der Waals surface area contributed by atoms with E-state index in [4.69, 9.17) is 28.9 Å². The van der Waals surface area contributed by atoms with Crippen LogP contribution in [0.1, 0.15) is 5.56 Å². The number of benzene rings is 2. The van der Waals surface area contributed by atoms with Crippen molar-refractivity contribution in [2.24, 2.45) is 5.73 Å². The summed E-state index contributed by atoms with van der Waals surface area (Å²) < 4.78 is 27.9. The fourth-order valence-corrected chi connectivity index (χ4v) is 3.75. The third-order valence-corrected chi connectivity index (χ3v) is 5.26. The van der Waals surface area contributed by atoms with Crippen molar-refractivity contribution in [1.82, 2.24) is 0 Å². The van der Waals surface area contributed by atoms with E-state index >= 15 is 0 Å². The van der Waals surface area contributed by atoms with E-state index in [1.807, 2.05) is 0 Å². The second-order valence-corrected chi connectivity index (χ2v) is 7.60. The SMILES string of the molecule is NCc1cc(S(=O)(=O)Nc2ccc(Br)cc2Cl)ccc1Cl. The van der Waals surface area contributed by atoms with Gasteiger partial charge in [-0.1, -0.05) is 39.1 Å². The van der Waals surface area contributed by atoms with Crippen LogP contribution < -0.4 is 10.5 Å². The van der Waals surface area contributed by atoms with Crippen LogP contribution in [0, 0.1) is 0 Å². The Morgan fingerprint density at radius 2 is 1.81 bits per heavy atom. The molecule has 2 aromatic carbocycles. The maximum absolute atomic E-state index is 12.4. The molecule has 21 heavy (non-hydrogen) atoms. The van der Waals surface area contributed by atoms with Gasteiger partial charge in [0.2, 0.25) is 0 Å². The van der Waals surface area contributed by atoms with Crippen molar-refractivity contribution in [3.8, 4) is 0 Å². The van der Waals surface area contributed by atoms with Gasteiger partial charge in [-0.3, -0.25) is 4.72 Å². The molecule has 0 aliphatic rings. The van der Waals surface area contributed by atoms with Crippen molar-refractivity contribution in [1.29, 1.82) is 0 Å². The lowest BCUT2D eigenvalue weighted by atomic mass is 10.2. The first-order valence-corrected chi connectivity index (χ1v) is 8.83. The van der Waals surface area contributed by atoms with E-state index in [2.05, 4.69) is 20.7 Å². The third-order valence-electron chi connectivity index (χ3n) is 2.72. The average molecular weight is 410 g/mol. The molecule has 2 rings (SSSR count). The van der Waals surface area contributed by atoms with E-state index in [1.54, 1.807) is 18.2 Å². The minimum Gasteiger partial charge on any atom is -0.326 e. The van der Waals surface area contributed by atoms with Crippen molar-refractivity contribution in [3.05, 3.63) is 56.5 Å². The molecule has 0 bridgehead atoms. The molecule has 0 saturated heterocycles. The number of hydrogen-bond donors (Lipinski definition) is 2. The van der Waals surface area contributed by atoms with Crippen molar-refractivity contribution < 1.29 is 8.42 Å². The van der Waals surface area contributed by atoms with E-state index in [9.17, 15) is 8.42 Å². The average Bonchev–Trinajstić information content (AvgIpc) is 2.42. The first-order valence-electron chi connectivity index (χ1n) is 5.80. The number of rotatable bonds is 4. The molecular formula is C13H11BrCl2N2O2S. The standard InChI is InChI=1S/C13H11BrCl2N2O2S/c14-9-1-4-13(12(16)6-9)18-21(19,20)10-2-3-11(15)8(5-10)7-17/h1-6,18H,7,17H2. The maximum atomic E-state index is 12.4. The lowest BCUT2D eigenvalue weighted by Gasteiger charge is -2.11. The van der Waals surface area contributed by atoms with Crippen LogP contribution in [0.2, 0.25) is 10.0 Å². The van der Waals surface area contributed by atoms with Crippen LogP contribution in [-0.2, 0) is 16.6 Å². The molecule has 0 unspecified atom stereocenters. The molecule has 0 saturated carbocycles. The molecule has 0 aromatic heterocycles. The molecule has 4 nitrogen and oxygen atoms in total. The lowest BCUT2D eigenvalue weighted by molar-refractivity contribution is 0.601. The smallest absolute Gasteiger partial charge is 0.261 e. The zero-order chi connectivity index (χ0) is 15.6. The molecule has 0 atom stereocenters. The van der Waals surface area contributed by atoms with Crippen LogP contribution in [-0.4, -0.2) is 8.42 Å². The molecule has 0 spiro atoms. The van der Waals surface area contributed by atoms with Crippen LogP contribution in [0.25, 0.3) is 0 Å². The summed E-state index contributed by atoms with van der Waals surface area (Å²) in [5, 5.41) is 0.721. The van der Waals surface area contributed by atoms with Gasteiger partial charge in [-0.15, -0.1) is 0 Å². The molecule has 0 radical (unpaired) electrons. The summed E-state index contributed by atoms with van der Waals surface area (Å²) in [6.45, 7) is 0.154. The molecule has 0 heterocycles. The number of sulfonamides is 1. The van der Waals surface area contributed by atoms with Crippen LogP contribution in [0.3, 0.4) is 0 Å². The summed E-state index contributed by atoms with van der Waals surface area (Å²) in [7, 11) is -3.76. The molecule has 0 fully saturated rings. The second-order valence-electron chi connectivity index (χ2n) is 4.19. The minimum atomic E-state index is -3.76. The molecule has 0 amide bonds. The highest BCUT2D eigenvalue weighted by Gasteiger charge is 2.17. The molecular weight excluding hydrogens is 399 g/mol. The highest BCUT2D eigenvalue weighted by molar-refractivity contribution is 9.10. The largest absolute Gasteiger partial charge is 0.326 e. The van der Waals surface area contributed by atoms with Gasteiger partial charge in [0, 0.05) is 16.0 Å². The Balaban J connectivity index is 2.38. The van der Waals surface area contributed by atoms with Crippen molar-refractivity contribution in [3.63, 3.8) is 0 Å². The Labute approximate surface area is 141 Å². The fraction of sp³-hybridized carbons (Fsp3) is 0.0769. The summed E-state index contributed by atoms with van der Waals surface area (Å²) in [5.74, 6) is 0. The number of halogens is 3. The summed E-state index contributed by atoms with van der Waals surface area (Å²) in [6, 6.07) is 9.22. The van der Waals surface area contributed by atoms with Crippen LogP contribution in [0.5, 0.6) is 0 Å². The molecule has 112 valence electrons. The second kappa shape index (κ2) is 6.54. The number of nitrogens with two attached hydrogens (primary N) is 1. The van der Waals surface area contributed by atoms with Gasteiger partial charge in [-0.05, 0) is 42.0 Å². The lowest BCUT2D eigenvalue weighted by Crippen LogP contribution is -2.14. The van der Waals surface area contributed by atoms with Crippen LogP contribution in [0.4, 0.5) is 5.69 Å². The highest BCUT2D eigenvalue weighted by Crippen LogP contribution is 2.28. The predicted octanol–water partition coefficient (Wildman–Crippen LogP) is 4.02. The highest BCUT2D eigenvalue weighted by atomic mass is 79.9. The van der Waals surface area contributed by atoms with E-state index in [0.29, 0.717) is 21.3 Å². The first-order chi connectivity index (χ1) is 9.83. The topological polar surface area (TPSA) is 72.2 Å². The molecule has 8 heteroatoms. The van der Waals surface area contributed by atoms with Crippen molar-refractivity contribution in [2.45, 2.75) is 11.4 Å². The van der Waals surface area contributed by atoms with E-state index in [-0.39, 0.29) is 11.4 Å². The molecule has 0 aliphatic carbocycles. The Bertz CT molecular complexity index is 782. The zero-order valence-electron chi connectivity index (χ0n) is 10.6. The summed E-state index contributed by atoms with van der Waals surface area (Å²) >= 11 is 15.2. The van der Waals surface area contributed by atoms with Crippen molar-refractivity contribution >= 4 is 54.8 Å². The van der Waals surface area contributed by atoms with Gasteiger partial charge in [0.1, 0.15) is 0 Å². The summed E-state index contributed by atoms with van der Waals surface area (Å²) in [6.07, 6.45) is 0. The summed E-state index contributed by atoms with van der Waals surface area (Å²) in [5.41, 5.74) is 6.38. The monoisotopic (exact) mass is 408 g/mol. The number of nitrogens with one attached hydrogen (secondary N) is 1. The molecule has 0 aliphatic heterocycles. The van der Waals surface area contributed by atoms with Gasteiger partial charge < -0.3 is 5.73 Å². The van der Waals surface area contributed by atoms with Gasteiger partial charge in [-0.25, -0.2) is 8.42 Å². The maximum Gasteiger partial charge on any atom is 0.261 e. The van der Waals surface area contributed by atoms with Gasteiger partial charge >= 0.3 is 0 Å². The van der Waals surface area contributed by atoms with E-state index < -0.39 is 10.0 Å². The van der Waals surface area contributed by atoms with Gasteiger partial charge in [0.15, 0.2) is 0 Å². The van der Waals surface area contributed by atoms with Crippen LogP contribution >= 0.6 is 39.1 Å². The Morgan fingerprint density at radius 1 is 1.10 bits per heavy atom. The van der Waals surface area contributed by atoms with Gasteiger partial charge in [0.05, 0.1) is 15.6 Å². The minimum absolute atomic E-state index is 0.0753. The Morgan fingerprint density at radius 3 is 2.43 bits per heavy atom. The summed E-state index contributed by atoms with van der Waals surface area (Å²) in [4.78, 5) is 0.0753. The fourth-order valence-electron chi connectivity index (χ4n) is 1.65. The van der Waals surface area contributed by atoms with E-state index in [1.165, 1.54) is 18.2 Å². The van der Waals surface area contributed by atoms with Gasteiger partial charge in [-0.2, -0.15) is 0 Å². The van der Waals surface area contributed by atoms with Crippen molar-refractivity contribution in [2.75, 3.05) is 4.72 Å². The number of anilines is 1. The van der Waals surface area contributed by atoms with Crippen LogP contribution in [0.15, 0.2) is 45.8 Å².